The Kier molecular flexibility index (Phi) is 4.90. The topological polar surface area (TPSA) is 70.5 Å². The lowest BCUT2D eigenvalue weighted by Gasteiger charge is -2.14. The molecule has 4 aromatic heterocycles. The van der Waals surface area contributed by atoms with E-state index in [-0.39, 0.29) is 5.56 Å². The van der Waals surface area contributed by atoms with Crippen LogP contribution in [0, 0.1) is 0 Å². The van der Waals surface area contributed by atoms with E-state index >= 15 is 0 Å². The highest BCUT2D eigenvalue weighted by Crippen LogP contribution is 2.39. The van der Waals surface area contributed by atoms with Crippen LogP contribution in [0.1, 0.15) is 50.8 Å². The summed E-state index contributed by atoms with van der Waals surface area (Å²) in [5.74, 6) is 1.97. The van der Waals surface area contributed by atoms with Crippen LogP contribution in [0.15, 0.2) is 78.4 Å². The molecule has 1 aromatic carbocycles. The molecule has 170 valence electrons. The molecule has 1 fully saturated rings. The Morgan fingerprint density at radius 1 is 1.09 bits per heavy atom. The summed E-state index contributed by atoms with van der Waals surface area (Å²) < 4.78 is 5.73. The van der Waals surface area contributed by atoms with Crippen LogP contribution in [0.3, 0.4) is 0 Å². The number of pyridine rings is 2. The molecule has 0 bridgehead atoms. The molecular formula is C27H26N6O. The van der Waals surface area contributed by atoms with Crippen LogP contribution in [-0.4, -0.2) is 28.7 Å². The summed E-state index contributed by atoms with van der Waals surface area (Å²) in [7, 11) is 0. The van der Waals surface area contributed by atoms with Crippen molar-refractivity contribution in [3.8, 4) is 23.0 Å². The van der Waals surface area contributed by atoms with Gasteiger partial charge >= 0.3 is 0 Å². The lowest BCUT2D eigenvalue weighted by molar-refractivity contribution is 0.535. The number of nitrogens with zero attached hydrogens (tertiary/aromatic N) is 6. The van der Waals surface area contributed by atoms with Crippen LogP contribution >= 0.6 is 0 Å². The molecule has 7 heteroatoms. The minimum absolute atomic E-state index is 0.100. The van der Waals surface area contributed by atoms with E-state index in [1.165, 1.54) is 12.8 Å². The predicted octanol–water partition coefficient (Wildman–Crippen LogP) is 5.28. The Labute approximate surface area is 197 Å². The lowest BCUT2D eigenvalue weighted by atomic mass is 10.1. The number of hydrogen-bond acceptors (Lipinski definition) is 4. The summed E-state index contributed by atoms with van der Waals surface area (Å²) in [4.78, 5) is 27.4. The molecule has 1 unspecified atom stereocenters. The monoisotopic (exact) mass is 450 g/mol. The van der Waals surface area contributed by atoms with Crippen LogP contribution in [0.4, 0.5) is 0 Å². The number of imidazole rings is 2. The second-order valence-electron chi connectivity index (χ2n) is 9.04. The van der Waals surface area contributed by atoms with Crippen molar-refractivity contribution in [3.05, 3.63) is 89.6 Å². The van der Waals surface area contributed by atoms with Gasteiger partial charge in [-0.15, -0.1) is 0 Å². The zero-order valence-electron chi connectivity index (χ0n) is 19.3. The van der Waals surface area contributed by atoms with Crippen molar-refractivity contribution in [3.63, 3.8) is 0 Å². The normalized spacial score (nSPS) is 14.5. The van der Waals surface area contributed by atoms with Crippen molar-refractivity contribution in [2.45, 2.75) is 45.1 Å². The molecular weight excluding hydrogens is 424 g/mol. The molecule has 1 aliphatic rings. The van der Waals surface area contributed by atoms with Gasteiger partial charge in [0.25, 0.3) is 5.56 Å². The number of fused-ring (bicyclic) bond motifs is 1. The maximum Gasteiger partial charge on any atom is 0.264 e. The molecule has 1 aliphatic carbocycles. The van der Waals surface area contributed by atoms with E-state index in [2.05, 4.69) is 34.6 Å². The molecule has 0 spiro atoms. The number of rotatable bonds is 6. The SMILES string of the molecule is CCC(C)n1ccnc1-c1cccc(-n2ccc3ccc(-n4cnc(C5CC5)c4)cc3c2=O)n1. The molecule has 34 heavy (non-hydrogen) atoms. The van der Waals surface area contributed by atoms with Crippen molar-refractivity contribution in [1.82, 2.24) is 28.7 Å². The van der Waals surface area contributed by atoms with Gasteiger partial charge in [0, 0.05) is 47.8 Å². The Bertz CT molecular complexity index is 1550. The molecule has 0 aliphatic heterocycles. The summed E-state index contributed by atoms with van der Waals surface area (Å²) in [5.41, 5.74) is 2.70. The van der Waals surface area contributed by atoms with Gasteiger partial charge in [0.05, 0.1) is 12.0 Å². The second-order valence-corrected chi connectivity index (χ2v) is 9.04. The van der Waals surface area contributed by atoms with Crippen molar-refractivity contribution < 1.29 is 0 Å². The lowest BCUT2D eigenvalue weighted by Crippen LogP contribution is -2.19. The van der Waals surface area contributed by atoms with Gasteiger partial charge in [0.1, 0.15) is 11.5 Å². The van der Waals surface area contributed by atoms with Crippen LogP contribution in [0.5, 0.6) is 0 Å². The van der Waals surface area contributed by atoms with Crippen LogP contribution in [0.2, 0.25) is 0 Å². The van der Waals surface area contributed by atoms with E-state index in [0.29, 0.717) is 23.2 Å². The van der Waals surface area contributed by atoms with Gasteiger partial charge < -0.3 is 9.13 Å². The molecule has 7 nitrogen and oxygen atoms in total. The molecule has 0 amide bonds. The first-order valence-corrected chi connectivity index (χ1v) is 11.8. The van der Waals surface area contributed by atoms with Gasteiger partial charge in [0.15, 0.2) is 5.82 Å². The van der Waals surface area contributed by atoms with Gasteiger partial charge in [0.2, 0.25) is 0 Å². The molecule has 6 rings (SSSR count). The molecule has 0 saturated heterocycles. The zero-order chi connectivity index (χ0) is 23.2. The number of hydrogen-bond donors (Lipinski definition) is 0. The number of benzene rings is 1. The summed E-state index contributed by atoms with van der Waals surface area (Å²) >= 11 is 0. The Balaban J connectivity index is 1.41. The van der Waals surface area contributed by atoms with Gasteiger partial charge in [-0.3, -0.25) is 9.36 Å². The van der Waals surface area contributed by atoms with Crippen molar-refractivity contribution in [2.75, 3.05) is 0 Å². The van der Waals surface area contributed by atoms with Gasteiger partial charge in [-0.2, -0.15) is 0 Å². The predicted molar refractivity (Wildman–Crippen MR) is 133 cm³/mol. The quantitative estimate of drug-likeness (QED) is 0.353. The fourth-order valence-corrected chi connectivity index (χ4v) is 4.38. The third-order valence-corrected chi connectivity index (χ3v) is 6.73. The smallest absolute Gasteiger partial charge is 0.264 e. The zero-order valence-corrected chi connectivity index (χ0v) is 19.3. The molecule has 5 aromatic rings. The summed E-state index contributed by atoms with van der Waals surface area (Å²) in [6.07, 6.45) is 12.9. The van der Waals surface area contributed by atoms with Crippen LogP contribution in [0.25, 0.3) is 33.8 Å². The first-order valence-electron chi connectivity index (χ1n) is 11.8. The van der Waals surface area contributed by atoms with Crippen LogP contribution in [-0.2, 0) is 0 Å². The Hall–Kier alpha value is -4.00. The van der Waals surface area contributed by atoms with E-state index in [1.807, 2.05) is 59.6 Å². The summed E-state index contributed by atoms with van der Waals surface area (Å²) in [5, 5.41) is 1.55. The van der Waals surface area contributed by atoms with Crippen molar-refractivity contribution >= 4 is 10.8 Å². The van der Waals surface area contributed by atoms with E-state index in [1.54, 1.807) is 17.0 Å². The maximum absolute atomic E-state index is 13.5. The van der Waals surface area contributed by atoms with E-state index in [0.717, 1.165) is 34.7 Å². The average molecular weight is 451 g/mol. The highest BCUT2D eigenvalue weighted by atomic mass is 16.1. The third-order valence-electron chi connectivity index (χ3n) is 6.73. The second kappa shape index (κ2) is 8.09. The molecule has 1 atom stereocenters. The molecule has 0 radical (unpaired) electrons. The molecule has 0 N–H and O–H groups in total. The van der Waals surface area contributed by atoms with Crippen molar-refractivity contribution in [2.24, 2.45) is 0 Å². The minimum Gasteiger partial charge on any atom is -0.327 e. The maximum atomic E-state index is 13.5. The van der Waals surface area contributed by atoms with E-state index in [9.17, 15) is 4.79 Å². The molecule has 4 heterocycles. The Morgan fingerprint density at radius 3 is 2.79 bits per heavy atom. The van der Waals surface area contributed by atoms with Gasteiger partial charge in [-0.25, -0.2) is 15.0 Å². The van der Waals surface area contributed by atoms with Crippen molar-refractivity contribution in [1.29, 1.82) is 0 Å². The highest BCUT2D eigenvalue weighted by Gasteiger charge is 2.25. The van der Waals surface area contributed by atoms with Crippen LogP contribution < -0.4 is 5.56 Å². The van der Waals surface area contributed by atoms with E-state index in [4.69, 9.17) is 4.98 Å². The summed E-state index contributed by atoms with van der Waals surface area (Å²) in [6.45, 7) is 4.31. The van der Waals surface area contributed by atoms with Gasteiger partial charge in [-0.05, 0) is 61.9 Å². The Morgan fingerprint density at radius 2 is 1.97 bits per heavy atom. The standard InChI is InChI=1S/C27H26N6O/c1-3-18(2)32-14-12-28-26(32)23-5-4-6-25(30-23)33-13-11-19-9-10-21(15-22(19)27(33)34)31-16-24(29-17-31)20-7-8-20/h4-6,9-18,20H,3,7-8H2,1-2H3. The van der Waals surface area contributed by atoms with E-state index < -0.39 is 0 Å². The number of aromatic nitrogens is 6. The first kappa shape index (κ1) is 20.6. The third kappa shape index (κ3) is 3.53. The largest absolute Gasteiger partial charge is 0.327 e. The highest BCUT2D eigenvalue weighted by molar-refractivity contribution is 5.83. The molecule has 1 saturated carbocycles. The first-order chi connectivity index (χ1) is 16.6. The fourth-order valence-electron chi connectivity index (χ4n) is 4.38. The van der Waals surface area contributed by atoms with Gasteiger partial charge in [-0.1, -0.05) is 19.1 Å². The summed E-state index contributed by atoms with van der Waals surface area (Å²) in [6, 6.07) is 13.9. The average Bonchev–Trinajstić information content (AvgIpc) is 3.39. The minimum atomic E-state index is -0.100. The fraction of sp³-hybridized carbons (Fsp3) is 0.259.